The Bertz CT molecular complexity index is 1130. The second-order valence-corrected chi connectivity index (χ2v) is 8.81. The summed E-state index contributed by atoms with van der Waals surface area (Å²) in [7, 11) is 0. The Kier molecular flexibility index (Phi) is 5.03. The summed E-state index contributed by atoms with van der Waals surface area (Å²) >= 11 is 1.53. The van der Waals surface area contributed by atoms with Gasteiger partial charge < -0.3 is 10.6 Å². The summed E-state index contributed by atoms with van der Waals surface area (Å²) in [6.07, 6.45) is 1.76. The van der Waals surface area contributed by atoms with Crippen molar-refractivity contribution in [3.05, 3.63) is 72.4 Å². The zero-order valence-electron chi connectivity index (χ0n) is 16.6. The number of benzene rings is 2. The van der Waals surface area contributed by atoms with Crippen LogP contribution in [-0.2, 0) is 5.41 Å². The lowest BCUT2D eigenvalue weighted by Crippen LogP contribution is -2.19. The molecular weight excluding hydrogens is 380 g/mol. The summed E-state index contributed by atoms with van der Waals surface area (Å²) in [6.45, 7) is 6.49. The average Bonchev–Trinajstić information content (AvgIpc) is 3.12. The second kappa shape index (κ2) is 7.64. The van der Waals surface area contributed by atoms with E-state index in [1.54, 1.807) is 6.20 Å². The minimum atomic E-state index is -0.281. The first-order chi connectivity index (χ1) is 13.9. The number of thiazole rings is 1. The summed E-state index contributed by atoms with van der Waals surface area (Å²) in [5.41, 5.74) is 4.59. The van der Waals surface area contributed by atoms with E-state index in [1.807, 2.05) is 60.7 Å². The summed E-state index contributed by atoms with van der Waals surface area (Å²) in [4.78, 5) is 22.3. The lowest BCUT2D eigenvalue weighted by molar-refractivity contribution is 0.262. The van der Waals surface area contributed by atoms with Crippen molar-refractivity contribution >= 4 is 39.1 Å². The van der Waals surface area contributed by atoms with Gasteiger partial charge in [-0.3, -0.25) is 0 Å². The number of hydrogen-bond donors (Lipinski definition) is 2. The number of nitrogens with one attached hydrogen (secondary N) is 2. The minimum absolute atomic E-state index is 0.0807. The average molecular weight is 403 g/mol. The number of pyridine rings is 1. The van der Waals surface area contributed by atoms with Gasteiger partial charge in [0.1, 0.15) is 15.4 Å². The molecule has 5 nitrogen and oxygen atoms in total. The van der Waals surface area contributed by atoms with Crippen LogP contribution in [0.5, 0.6) is 0 Å². The normalized spacial score (nSPS) is 11.4. The maximum atomic E-state index is 12.4. The van der Waals surface area contributed by atoms with Crippen molar-refractivity contribution in [2.45, 2.75) is 26.2 Å². The van der Waals surface area contributed by atoms with Crippen LogP contribution in [0, 0.1) is 0 Å². The van der Waals surface area contributed by atoms with Crippen LogP contribution in [0.25, 0.3) is 20.9 Å². The highest BCUT2D eigenvalue weighted by Gasteiger charge is 2.13. The van der Waals surface area contributed by atoms with Gasteiger partial charge in [-0.15, -0.1) is 0 Å². The first kappa shape index (κ1) is 19.1. The van der Waals surface area contributed by atoms with Gasteiger partial charge in [0.25, 0.3) is 0 Å². The zero-order chi connectivity index (χ0) is 20.4. The Hall–Kier alpha value is -3.25. The Labute approximate surface area is 173 Å². The highest BCUT2D eigenvalue weighted by molar-refractivity contribution is 7.21. The van der Waals surface area contributed by atoms with Crippen LogP contribution < -0.4 is 10.6 Å². The van der Waals surface area contributed by atoms with Gasteiger partial charge in [-0.05, 0) is 47.4 Å². The Balaban J connectivity index is 1.47. The van der Waals surface area contributed by atoms with E-state index < -0.39 is 0 Å². The van der Waals surface area contributed by atoms with Gasteiger partial charge >= 0.3 is 6.03 Å². The molecular formula is C23H22N4OS. The fourth-order valence-electron chi connectivity index (χ4n) is 2.97. The predicted molar refractivity (Wildman–Crippen MR) is 121 cm³/mol. The van der Waals surface area contributed by atoms with E-state index in [-0.39, 0.29) is 11.4 Å². The number of amides is 2. The molecule has 2 amide bonds. The van der Waals surface area contributed by atoms with E-state index in [4.69, 9.17) is 0 Å². The molecule has 0 radical (unpaired) electrons. The van der Waals surface area contributed by atoms with Crippen molar-refractivity contribution in [2.75, 3.05) is 10.6 Å². The third-order valence-electron chi connectivity index (χ3n) is 4.54. The molecule has 6 heteroatoms. The van der Waals surface area contributed by atoms with E-state index in [0.717, 1.165) is 26.6 Å². The number of fused-ring (bicyclic) bond motifs is 1. The number of aromatic nitrogens is 2. The second-order valence-electron chi connectivity index (χ2n) is 7.83. The molecule has 0 spiro atoms. The smallest absolute Gasteiger partial charge is 0.308 e. The highest BCUT2D eigenvalue weighted by Crippen LogP contribution is 2.30. The van der Waals surface area contributed by atoms with Crippen LogP contribution in [0.1, 0.15) is 26.3 Å². The fraction of sp³-hybridized carbons (Fsp3) is 0.174. The van der Waals surface area contributed by atoms with E-state index in [9.17, 15) is 4.79 Å². The molecule has 0 saturated carbocycles. The van der Waals surface area contributed by atoms with Crippen LogP contribution in [-0.4, -0.2) is 16.0 Å². The SMILES string of the molecule is CC(C)(C)c1ccc(NC(=O)Nc2cccc(-c3nc4cccnc4s3)c2)cc1. The maximum absolute atomic E-state index is 12.4. The molecule has 2 aromatic carbocycles. The lowest BCUT2D eigenvalue weighted by atomic mass is 9.87. The number of hydrogen-bond acceptors (Lipinski definition) is 4. The van der Waals surface area contributed by atoms with Gasteiger partial charge in [-0.1, -0.05) is 56.4 Å². The van der Waals surface area contributed by atoms with Gasteiger partial charge in [-0.25, -0.2) is 14.8 Å². The summed E-state index contributed by atoms with van der Waals surface area (Å²) in [6, 6.07) is 19.1. The van der Waals surface area contributed by atoms with Crippen LogP contribution in [0.4, 0.5) is 16.2 Å². The maximum Gasteiger partial charge on any atom is 0.323 e. The first-order valence-corrected chi connectivity index (χ1v) is 10.2. The third kappa shape index (κ3) is 4.43. The summed E-state index contributed by atoms with van der Waals surface area (Å²) in [5.74, 6) is 0. The van der Waals surface area contributed by atoms with E-state index in [0.29, 0.717) is 5.69 Å². The topological polar surface area (TPSA) is 66.9 Å². The molecule has 0 unspecified atom stereocenters. The number of carbonyl (C=O) groups excluding carboxylic acids is 1. The van der Waals surface area contributed by atoms with Crippen molar-refractivity contribution in [1.29, 1.82) is 0 Å². The molecule has 4 rings (SSSR count). The van der Waals surface area contributed by atoms with Crippen LogP contribution in [0.15, 0.2) is 66.9 Å². The van der Waals surface area contributed by atoms with Crippen molar-refractivity contribution in [2.24, 2.45) is 0 Å². The Morgan fingerprint density at radius 3 is 2.41 bits per heavy atom. The van der Waals surface area contributed by atoms with Gasteiger partial charge in [-0.2, -0.15) is 0 Å². The third-order valence-corrected chi connectivity index (χ3v) is 5.57. The molecule has 0 saturated heterocycles. The van der Waals surface area contributed by atoms with Crippen molar-refractivity contribution < 1.29 is 4.79 Å². The molecule has 2 heterocycles. The number of rotatable bonds is 3. The quantitative estimate of drug-likeness (QED) is 0.422. The lowest BCUT2D eigenvalue weighted by Gasteiger charge is -2.19. The van der Waals surface area contributed by atoms with Crippen molar-refractivity contribution in [1.82, 2.24) is 9.97 Å². The minimum Gasteiger partial charge on any atom is -0.308 e. The molecule has 0 aliphatic carbocycles. The van der Waals surface area contributed by atoms with Crippen LogP contribution >= 0.6 is 11.3 Å². The Morgan fingerprint density at radius 2 is 1.69 bits per heavy atom. The van der Waals surface area contributed by atoms with E-state index in [1.165, 1.54) is 16.9 Å². The molecule has 2 N–H and O–H groups in total. The van der Waals surface area contributed by atoms with Crippen molar-refractivity contribution in [3.8, 4) is 10.6 Å². The zero-order valence-corrected chi connectivity index (χ0v) is 17.4. The first-order valence-electron chi connectivity index (χ1n) is 9.39. The van der Waals surface area contributed by atoms with Crippen molar-refractivity contribution in [3.63, 3.8) is 0 Å². The van der Waals surface area contributed by atoms with Crippen LogP contribution in [0.3, 0.4) is 0 Å². The van der Waals surface area contributed by atoms with Gasteiger partial charge in [0, 0.05) is 23.1 Å². The molecule has 0 aliphatic heterocycles. The molecule has 29 heavy (non-hydrogen) atoms. The fourth-order valence-corrected chi connectivity index (χ4v) is 3.87. The van der Waals surface area contributed by atoms with E-state index >= 15 is 0 Å². The largest absolute Gasteiger partial charge is 0.323 e. The van der Waals surface area contributed by atoms with E-state index in [2.05, 4.69) is 41.4 Å². The summed E-state index contributed by atoms with van der Waals surface area (Å²) < 4.78 is 0. The molecule has 146 valence electrons. The molecule has 0 fully saturated rings. The standard InChI is InChI=1S/C23H22N4OS/c1-23(2,3)16-9-11-17(12-10-16)25-22(28)26-18-7-4-6-15(14-18)20-27-19-8-5-13-24-21(19)29-20/h4-14H,1-3H3,(H2,25,26,28). The summed E-state index contributed by atoms with van der Waals surface area (Å²) in [5, 5.41) is 6.64. The predicted octanol–water partition coefficient (Wildman–Crippen LogP) is 6.30. The number of carbonyl (C=O) groups is 1. The number of anilines is 2. The van der Waals surface area contributed by atoms with Crippen LogP contribution in [0.2, 0.25) is 0 Å². The number of urea groups is 1. The molecule has 2 aromatic heterocycles. The van der Waals surface area contributed by atoms with Gasteiger partial charge in [0.2, 0.25) is 0 Å². The highest BCUT2D eigenvalue weighted by atomic mass is 32.1. The monoisotopic (exact) mass is 402 g/mol. The van der Waals surface area contributed by atoms with Gasteiger partial charge in [0.15, 0.2) is 0 Å². The molecule has 0 bridgehead atoms. The number of nitrogens with zero attached hydrogens (tertiary/aromatic N) is 2. The molecule has 0 aliphatic rings. The van der Waals surface area contributed by atoms with Gasteiger partial charge in [0.05, 0.1) is 0 Å². The Morgan fingerprint density at radius 1 is 0.931 bits per heavy atom. The molecule has 4 aromatic rings. The molecule has 0 atom stereocenters.